The van der Waals surface area contributed by atoms with Gasteiger partial charge in [0.2, 0.25) is 5.95 Å². The van der Waals surface area contributed by atoms with Gasteiger partial charge in [-0.2, -0.15) is 0 Å². The summed E-state index contributed by atoms with van der Waals surface area (Å²) in [5.41, 5.74) is 11.0. The van der Waals surface area contributed by atoms with Crippen molar-refractivity contribution < 1.29 is 9.84 Å². The summed E-state index contributed by atoms with van der Waals surface area (Å²) >= 11 is 0. The van der Waals surface area contributed by atoms with Gasteiger partial charge in [0.15, 0.2) is 0 Å². The van der Waals surface area contributed by atoms with E-state index < -0.39 is 6.23 Å². The second-order valence-electron chi connectivity index (χ2n) is 8.10. The Morgan fingerprint density at radius 3 is 2.73 bits per heavy atom. The molecule has 0 fully saturated rings. The largest absolute Gasteiger partial charge is 0.494 e. The molecule has 2 aromatic carbocycles. The number of H-pyrrole nitrogens is 1. The van der Waals surface area contributed by atoms with Crippen LogP contribution >= 0.6 is 0 Å². The van der Waals surface area contributed by atoms with E-state index in [2.05, 4.69) is 26.3 Å². The summed E-state index contributed by atoms with van der Waals surface area (Å²) in [7, 11) is 7.18. The van der Waals surface area contributed by atoms with E-state index in [4.69, 9.17) is 10.5 Å². The number of para-hydroxylation sites is 1. The Labute approximate surface area is 192 Å². The number of anilines is 4. The number of likely N-dealkylation sites (N-methyl/N-ethyl adjacent to an activating group) is 2. The highest BCUT2D eigenvalue weighted by Crippen LogP contribution is 2.37. The molecule has 2 aromatic heterocycles. The van der Waals surface area contributed by atoms with E-state index in [9.17, 15) is 5.11 Å². The van der Waals surface area contributed by atoms with Gasteiger partial charge < -0.3 is 35.7 Å². The Balaban J connectivity index is 1.63. The van der Waals surface area contributed by atoms with E-state index in [-0.39, 0.29) is 0 Å². The minimum Gasteiger partial charge on any atom is -0.494 e. The van der Waals surface area contributed by atoms with E-state index in [1.54, 1.807) is 37.4 Å². The maximum Gasteiger partial charge on any atom is 0.227 e. The molecule has 0 saturated carbocycles. The molecule has 172 valence electrons. The van der Waals surface area contributed by atoms with Gasteiger partial charge >= 0.3 is 0 Å². The lowest BCUT2D eigenvalue weighted by molar-refractivity contribution is 0.137. The van der Waals surface area contributed by atoms with Gasteiger partial charge in [-0.15, -0.1) is 0 Å². The molecule has 9 nitrogen and oxygen atoms in total. The van der Waals surface area contributed by atoms with Gasteiger partial charge in [0.1, 0.15) is 12.0 Å². The highest BCUT2D eigenvalue weighted by Gasteiger charge is 2.18. The first-order valence-electron chi connectivity index (χ1n) is 10.6. The number of aliphatic hydroxyl groups excluding tert-OH is 1. The van der Waals surface area contributed by atoms with Crippen molar-refractivity contribution in [3.63, 3.8) is 0 Å². The molecule has 0 aliphatic heterocycles. The van der Waals surface area contributed by atoms with Gasteiger partial charge in [-0.1, -0.05) is 18.2 Å². The number of aliphatic hydroxyl groups is 1. The predicted octanol–water partition coefficient (Wildman–Crippen LogP) is 3.28. The molecular weight excluding hydrogens is 418 g/mol. The summed E-state index contributed by atoms with van der Waals surface area (Å²) in [6.07, 6.45) is 2.93. The summed E-state index contributed by atoms with van der Waals surface area (Å²) in [5, 5.41) is 14.8. The topological polar surface area (TPSA) is 116 Å². The summed E-state index contributed by atoms with van der Waals surface area (Å²) in [5.74, 6) is 0.980. The lowest BCUT2D eigenvalue weighted by atomic mass is 10.1. The molecule has 0 radical (unpaired) electrons. The summed E-state index contributed by atoms with van der Waals surface area (Å²) in [6, 6.07) is 13.5. The Bertz CT molecular complexity index is 1250. The fourth-order valence-corrected chi connectivity index (χ4v) is 3.74. The van der Waals surface area contributed by atoms with Crippen molar-refractivity contribution in [2.45, 2.75) is 6.23 Å². The van der Waals surface area contributed by atoms with Crippen LogP contribution in [0.1, 0.15) is 0 Å². The number of nitrogens with zero attached hydrogens (tertiary/aromatic N) is 4. The average molecular weight is 448 g/mol. The summed E-state index contributed by atoms with van der Waals surface area (Å²) in [4.78, 5) is 15.9. The third kappa shape index (κ3) is 4.69. The molecule has 1 atom stereocenters. The number of rotatable bonds is 8. The Morgan fingerprint density at radius 1 is 1.18 bits per heavy atom. The van der Waals surface area contributed by atoms with Crippen molar-refractivity contribution >= 4 is 33.9 Å². The number of aromatic amines is 1. The smallest absolute Gasteiger partial charge is 0.227 e. The van der Waals surface area contributed by atoms with Crippen LogP contribution in [0.3, 0.4) is 0 Å². The highest BCUT2D eigenvalue weighted by molar-refractivity contribution is 5.94. The minimum atomic E-state index is -0.720. The molecule has 1 unspecified atom stereocenters. The SMILES string of the molecule is COc1cc(N(C)C(O)CN(C)C)c(N)cc1Nc1nccc(-c2c[nH]c3ccccc23)n1. The average Bonchev–Trinajstić information content (AvgIpc) is 3.23. The Kier molecular flexibility index (Phi) is 6.34. The molecule has 2 heterocycles. The number of hydrogen-bond donors (Lipinski definition) is 4. The van der Waals surface area contributed by atoms with Crippen LogP contribution in [0.4, 0.5) is 23.0 Å². The maximum absolute atomic E-state index is 10.5. The number of benzene rings is 2. The molecule has 33 heavy (non-hydrogen) atoms. The van der Waals surface area contributed by atoms with Gasteiger partial charge in [-0.25, -0.2) is 9.97 Å². The fraction of sp³-hybridized carbons (Fsp3) is 0.250. The monoisotopic (exact) mass is 447 g/mol. The zero-order valence-electron chi connectivity index (χ0n) is 19.2. The number of fused-ring (bicyclic) bond motifs is 1. The Morgan fingerprint density at radius 2 is 1.97 bits per heavy atom. The van der Waals surface area contributed by atoms with E-state index in [0.717, 1.165) is 22.2 Å². The molecule has 0 aliphatic carbocycles. The maximum atomic E-state index is 10.5. The van der Waals surface area contributed by atoms with Gasteiger partial charge in [-0.3, -0.25) is 0 Å². The zero-order chi connectivity index (χ0) is 23.5. The van der Waals surface area contributed by atoms with Gasteiger partial charge in [-0.05, 0) is 32.3 Å². The van der Waals surface area contributed by atoms with Crippen LogP contribution in [0, 0.1) is 0 Å². The van der Waals surface area contributed by atoms with Gasteiger partial charge in [0.05, 0.1) is 29.9 Å². The number of nitrogen functional groups attached to an aromatic ring is 1. The zero-order valence-corrected chi connectivity index (χ0v) is 19.2. The molecule has 0 aliphatic rings. The first kappa shape index (κ1) is 22.4. The number of nitrogens with one attached hydrogen (secondary N) is 2. The van der Waals surface area contributed by atoms with Crippen LogP contribution in [0.5, 0.6) is 5.75 Å². The third-order valence-corrected chi connectivity index (χ3v) is 5.47. The molecule has 0 bridgehead atoms. The van der Waals surface area contributed by atoms with Crippen LogP contribution in [0.15, 0.2) is 54.9 Å². The number of ether oxygens (including phenoxy) is 1. The molecule has 9 heteroatoms. The van der Waals surface area contributed by atoms with Crippen LogP contribution in [-0.2, 0) is 0 Å². The third-order valence-electron chi connectivity index (χ3n) is 5.47. The molecule has 0 amide bonds. The van der Waals surface area contributed by atoms with Crippen LogP contribution in [0.2, 0.25) is 0 Å². The lowest BCUT2D eigenvalue weighted by Gasteiger charge is -2.29. The van der Waals surface area contributed by atoms with Crippen LogP contribution in [-0.4, -0.2) is 66.0 Å². The molecule has 5 N–H and O–H groups in total. The normalized spacial score (nSPS) is 12.2. The van der Waals surface area contributed by atoms with Crippen molar-refractivity contribution in [3.05, 3.63) is 54.9 Å². The van der Waals surface area contributed by atoms with E-state index >= 15 is 0 Å². The summed E-state index contributed by atoms with van der Waals surface area (Å²) < 4.78 is 5.59. The quantitative estimate of drug-likeness (QED) is 0.240. The van der Waals surface area contributed by atoms with Crippen molar-refractivity contribution in [1.29, 1.82) is 0 Å². The van der Waals surface area contributed by atoms with Crippen LogP contribution < -0.4 is 20.7 Å². The first-order valence-corrected chi connectivity index (χ1v) is 10.6. The second-order valence-corrected chi connectivity index (χ2v) is 8.10. The fourth-order valence-electron chi connectivity index (χ4n) is 3.74. The van der Waals surface area contributed by atoms with Crippen molar-refractivity contribution in [2.24, 2.45) is 0 Å². The van der Waals surface area contributed by atoms with Crippen molar-refractivity contribution in [2.75, 3.05) is 50.7 Å². The first-order chi connectivity index (χ1) is 15.9. The van der Waals surface area contributed by atoms with E-state index in [1.165, 1.54) is 0 Å². The number of aromatic nitrogens is 3. The lowest BCUT2D eigenvalue weighted by Crippen LogP contribution is -2.39. The summed E-state index contributed by atoms with van der Waals surface area (Å²) in [6.45, 7) is 0.465. The van der Waals surface area contributed by atoms with Crippen molar-refractivity contribution in [3.8, 4) is 17.0 Å². The standard InChI is InChI=1S/C24H29N7O2/c1-30(2)14-23(32)31(3)21-12-22(33-4)20(11-17(21)25)29-24-26-10-9-19(28-24)16-13-27-18-8-6-5-7-15(16)18/h5-13,23,27,32H,14,25H2,1-4H3,(H,26,28,29). The molecule has 4 rings (SSSR count). The van der Waals surface area contributed by atoms with Crippen LogP contribution in [0.25, 0.3) is 22.2 Å². The predicted molar refractivity (Wildman–Crippen MR) is 133 cm³/mol. The van der Waals surface area contributed by atoms with Gasteiger partial charge in [0.25, 0.3) is 0 Å². The van der Waals surface area contributed by atoms with Crippen molar-refractivity contribution in [1.82, 2.24) is 19.9 Å². The highest BCUT2D eigenvalue weighted by atomic mass is 16.5. The molecule has 4 aromatic rings. The number of methoxy groups -OCH3 is 1. The minimum absolute atomic E-state index is 0.421. The molecule has 0 saturated heterocycles. The Hall–Kier alpha value is -3.82. The number of hydrogen-bond acceptors (Lipinski definition) is 8. The second kappa shape index (κ2) is 9.35. The molecular formula is C24H29N7O2. The number of nitrogens with two attached hydrogens (primary N) is 1. The van der Waals surface area contributed by atoms with E-state index in [1.807, 2.05) is 49.5 Å². The van der Waals surface area contributed by atoms with E-state index in [0.29, 0.717) is 35.3 Å². The van der Waals surface area contributed by atoms with Gasteiger partial charge in [0, 0.05) is 48.5 Å². The molecule has 0 spiro atoms.